The van der Waals surface area contributed by atoms with E-state index < -0.39 is 22.0 Å². The number of hydrogen-bond acceptors (Lipinski definition) is 4. The summed E-state index contributed by atoms with van der Waals surface area (Å²) in [5.74, 6) is -0.386. The smallest absolute Gasteiger partial charge is 0.267 e. The number of hydrogen-bond donors (Lipinski definition) is 1. The lowest BCUT2D eigenvalue weighted by atomic mass is 10.2. The van der Waals surface area contributed by atoms with E-state index in [0.717, 1.165) is 0 Å². The summed E-state index contributed by atoms with van der Waals surface area (Å²) in [6, 6.07) is 20.3. The molecule has 3 aromatic rings. The van der Waals surface area contributed by atoms with E-state index in [1.807, 2.05) is 6.07 Å². The fraction of sp³-hybridized carbons (Fsp3) is 0.136. The van der Waals surface area contributed by atoms with Crippen LogP contribution in [0.1, 0.15) is 5.56 Å². The third-order valence-electron chi connectivity index (χ3n) is 4.69. The van der Waals surface area contributed by atoms with Gasteiger partial charge in [0.25, 0.3) is 5.91 Å². The molecule has 160 valence electrons. The van der Waals surface area contributed by atoms with Crippen molar-refractivity contribution in [2.45, 2.75) is 11.9 Å². The number of benzene rings is 3. The van der Waals surface area contributed by atoms with Gasteiger partial charge in [-0.25, -0.2) is 8.42 Å². The number of rotatable bonds is 5. The molecule has 0 bridgehead atoms. The third kappa shape index (κ3) is 4.95. The summed E-state index contributed by atoms with van der Waals surface area (Å²) in [5, 5.41) is 3.42. The molecule has 4 rings (SSSR count). The minimum atomic E-state index is -3.77. The number of fused-ring (bicyclic) bond motifs is 1. The Morgan fingerprint density at radius 2 is 1.65 bits per heavy atom. The predicted octanol–water partition coefficient (Wildman–Crippen LogP) is 4.73. The number of carbonyl (C=O) groups excluding carboxylic acids is 1. The molecule has 0 aromatic heterocycles. The maximum Gasteiger partial charge on any atom is 0.267 e. The first kappa shape index (κ1) is 21.5. The molecule has 1 aliphatic heterocycles. The van der Waals surface area contributed by atoms with Crippen LogP contribution in [0.3, 0.4) is 0 Å². The summed E-state index contributed by atoms with van der Waals surface area (Å²) < 4.78 is 33.5. The van der Waals surface area contributed by atoms with Crippen molar-refractivity contribution in [3.8, 4) is 5.75 Å². The summed E-state index contributed by atoms with van der Waals surface area (Å²) >= 11 is 12.0. The molecule has 1 N–H and O–H groups in total. The highest BCUT2D eigenvalue weighted by molar-refractivity contribution is 7.92. The van der Waals surface area contributed by atoms with E-state index in [1.165, 1.54) is 4.31 Å². The Balaban J connectivity index is 1.61. The average Bonchev–Trinajstić information content (AvgIpc) is 2.72. The SMILES string of the molecule is O=C(Nc1cc(Cl)cc(Cl)c1)[C@H]1CN(S(=O)(=O)Cc2ccccc2)c2ccccc2O1. The third-order valence-corrected chi connectivity index (χ3v) is 6.84. The largest absolute Gasteiger partial charge is 0.476 e. The Bertz CT molecular complexity index is 1200. The molecule has 3 aromatic carbocycles. The zero-order valence-electron chi connectivity index (χ0n) is 16.2. The summed E-state index contributed by atoms with van der Waals surface area (Å²) in [7, 11) is -3.77. The number of para-hydroxylation sites is 2. The topological polar surface area (TPSA) is 75.7 Å². The highest BCUT2D eigenvalue weighted by Crippen LogP contribution is 2.36. The molecule has 1 aliphatic rings. The van der Waals surface area contributed by atoms with Gasteiger partial charge in [-0.1, -0.05) is 65.7 Å². The molecule has 1 heterocycles. The number of ether oxygens (including phenoxy) is 1. The molecule has 0 fully saturated rings. The number of sulfonamides is 1. The number of nitrogens with one attached hydrogen (secondary N) is 1. The van der Waals surface area contributed by atoms with Crippen LogP contribution in [0.4, 0.5) is 11.4 Å². The first-order valence-electron chi connectivity index (χ1n) is 9.39. The Kier molecular flexibility index (Phi) is 6.09. The van der Waals surface area contributed by atoms with Crippen LogP contribution in [0.2, 0.25) is 10.0 Å². The molecule has 0 saturated carbocycles. The predicted molar refractivity (Wildman–Crippen MR) is 122 cm³/mol. The summed E-state index contributed by atoms with van der Waals surface area (Å²) in [6.45, 7) is -0.160. The first-order valence-corrected chi connectivity index (χ1v) is 11.8. The van der Waals surface area contributed by atoms with E-state index >= 15 is 0 Å². The van der Waals surface area contributed by atoms with Gasteiger partial charge in [0.15, 0.2) is 6.10 Å². The van der Waals surface area contributed by atoms with Gasteiger partial charge in [0, 0.05) is 15.7 Å². The number of anilines is 2. The Morgan fingerprint density at radius 1 is 1.00 bits per heavy atom. The maximum atomic E-state index is 13.2. The normalized spacial score (nSPS) is 15.7. The highest BCUT2D eigenvalue weighted by Gasteiger charge is 2.36. The van der Waals surface area contributed by atoms with E-state index in [2.05, 4.69) is 5.32 Å². The van der Waals surface area contributed by atoms with Crippen LogP contribution < -0.4 is 14.4 Å². The molecule has 1 amide bonds. The van der Waals surface area contributed by atoms with Crippen molar-refractivity contribution in [1.82, 2.24) is 0 Å². The summed E-state index contributed by atoms with van der Waals surface area (Å²) in [4.78, 5) is 12.9. The van der Waals surface area contributed by atoms with Crippen molar-refractivity contribution in [1.29, 1.82) is 0 Å². The number of amides is 1. The minimum absolute atomic E-state index is 0.160. The number of nitrogens with zero attached hydrogens (tertiary/aromatic N) is 1. The molecule has 1 atom stereocenters. The standard InChI is InChI=1S/C22H18Cl2N2O4S/c23-16-10-17(24)12-18(11-16)25-22(27)21-13-26(19-8-4-5-9-20(19)30-21)31(28,29)14-15-6-2-1-3-7-15/h1-12,21H,13-14H2,(H,25,27)/t21-/m1/s1. The van der Waals surface area contributed by atoms with Crippen molar-refractivity contribution in [3.05, 3.63) is 88.4 Å². The molecule has 9 heteroatoms. The van der Waals surface area contributed by atoms with E-state index in [4.69, 9.17) is 27.9 Å². The fourth-order valence-electron chi connectivity index (χ4n) is 3.31. The van der Waals surface area contributed by atoms with Crippen LogP contribution >= 0.6 is 23.2 Å². The zero-order chi connectivity index (χ0) is 22.0. The van der Waals surface area contributed by atoms with Crippen molar-refractivity contribution < 1.29 is 17.9 Å². The first-order chi connectivity index (χ1) is 14.8. The summed E-state index contributed by atoms with van der Waals surface area (Å²) in [6.07, 6.45) is -1.06. The Morgan fingerprint density at radius 3 is 2.35 bits per heavy atom. The van der Waals surface area contributed by atoms with E-state index in [-0.39, 0.29) is 12.3 Å². The van der Waals surface area contributed by atoms with Gasteiger partial charge in [-0.05, 0) is 35.9 Å². The second kappa shape index (κ2) is 8.78. The molecule has 0 unspecified atom stereocenters. The van der Waals surface area contributed by atoms with E-state index in [0.29, 0.717) is 32.7 Å². The number of halogens is 2. The molecule has 0 aliphatic carbocycles. The van der Waals surface area contributed by atoms with Crippen LogP contribution in [-0.2, 0) is 20.6 Å². The van der Waals surface area contributed by atoms with Crippen molar-refractivity contribution >= 4 is 50.5 Å². The van der Waals surface area contributed by atoms with Crippen LogP contribution in [0.25, 0.3) is 0 Å². The van der Waals surface area contributed by atoms with Crippen molar-refractivity contribution in [2.24, 2.45) is 0 Å². The van der Waals surface area contributed by atoms with Gasteiger partial charge >= 0.3 is 0 Å². The monoisotopic (exact) mass is 476 g/mol. The highest BCUT2D eigenvalue weighted by atomic mass is 35.5. The molecule has 0 saturated heterocycles. The molecule has 0 radical (unpaired) electrons. The lowest BCUT2D eigenvalue weighted by Gasteiger charge is -2.34. The Labute approximate surface area is 190 Å². The average molecular weight is 477 g/mol. The second-order valence-electron chi connectivity index (χ2n) is 6.99. The van der Waals surface area contributed by atoms with Gasteiger partial charge in [-0.2, -0.15) is 0 Å². The van der Waals surface area contributed by atoms with Gasteiger partial charge in [-0.15, -0.1) is 0 Å². The molecule has 31 heavy (non-hydrogen) atoms. The quantitative estimate of drug-likeness (QED) is 0.577. The van der Waals surface area contributed by atoms with Crippen molar-refractivity contribution in [3.63, 3.8) is 0 Å². The van der Waals surface area contributed by atoms with Gasteiger partial charge < -0.3 is 10.1 Å². The number of carbonyl (C=O) groups is 1. The van der Waals surface area contributed by atoms with Crippen LogP contribution in [0, 0.1) is 0 Å². The van der Waals surface area contributed by atoms with Crippen LogP contribution in [0.15, 0.2) is 72.8 Å². The molecular weight excluding hydrogens is 459 g/mol. The fourth-order valence-corrected chi connectivity index (χ4v) is 5.42. The van der Waals surface area contributed by atoms with Crippen LogP contribution in [-0.4, -0.2) is 27.0 Å². The van der Waals surface area contributed by atoms with E-state index in [1.54, 1.807) is 66.7 Å². The van der Waals surface area contributed by atoms with Crippen LogP contribution in [0.5, 0.6) is 5.75 Å². The molecular formula is C22H18Cl2N2O4S. The lowest BCUT2D eigenvalue weighted by Crippen LogP contribution is -2.49. The summed E-state index contributed by atoms with van der Waals surface area (Å²) in [5.41, 5.74) is 1.44. The maximum absolute atomic E-state index is 13.2. The second-order valence-corrected chi connectivity index (χ2v) is 9.76. The molecule has 6 nitrogen and oxygen atoms in total. The Hall–Kier alpha value is -2.74. The zero-order valence-corrected chi connectivity index (χ0v) is 18.5. The van der Waals surface area contributed by atoms with Gasteiger partial charge in [0.2, 0.25) is 10.0 Å². The van der Waals surface area contributed by atoms with Gasteiger partial charge in [-0.3, -0.25) is 9.10 Å². The van der Waals surface area contributed by atoms with Crippen molar-refractivity contribution in [2.75, 3.05) is 16.2 Å². The van der Waals surface area contributed by atoms with Gasteiger partial charge in [0.1, 0.15) is 5.75 Å². The van der Waals surface area contributed by atoms with E-state index in [9.17, 15) is 13.2 Å². The minimum Gasteiger partial charge on any atom is -0.476 e. The lowest BCUT2D eigenvalue weighted by molar-refractivity contribution is -0.122. The van der Waals surface area contributed by atoms with Gasteiger partial charge in [0.05, 0.1) is 18.0 Å². The molecule has 0 spiro atoms.